The normalized spacial score (nSPS) is 12.4. The number of aliphatic hydroxyl groups excluding tert-OH is 1. The minimum Gasteiger partial charge on any atom is -0.467 e. The highest BCUT2D eigenvalue weighted by atomic mass is 16.5. The molecule has 0 saturated heterocycles. The molecule has 3 N–H and O–H groups in total. The molecule has 1 aromatic heterocycles. The molecule has 1 aromatic rings. The zero-order chi connectivity index (χ0) is 12.5. The largest absolute Gasteiger partial charge is 0.467 e. The van der Waals surface area contributed by atoms with Crippen molar-refractivity contribution in [3.63, 3.8) is 0 Å². The Morgan fingerprint density at radius 2 is 2.47 bits per heavy atom. The van der Waals surface area contributed by atoms with Gasteiger partial charge in [-0.25, -0.2) is 0 Å². The fourth-order valence-electron chi connectivity index (χ4n) is 1.26. The predicted octanol–water partition coefficient (Wildman–Crippen LogP) is -0.335. The van der Waals surface area contributed by atoms with Gasteiger partial charge in [0.1, 0.15) is 11.9 Å². The van der Waals surface area contributed by atoms with E-state index in [1.807, 2.05) is 0 Å². The summed E-state index contributed by atoms with van der Waals surface area (Å²) in [6.07, 6.45) is 0.757. The Morgan fingerprint density at radius 1 is 1.65 bits per heavy atom. The molecular formula is C11H18N2O4. The number of carbonyl (C=O) groups is 1. The first kappa shape index (κ1) is 13.7. The lowest BCUT2D eigenvalue weighted by atomic mass is 10.3. The maximum absolute atomic E-state index is 11.3. The van der Waals surface area contributed by atoms with Crippen LogP contribution in [0.2, 0.25) is 0 Å². The second-order valence-electron chi connectivity index (χ2n) is 3.50. The molecule has 96 valence electrons. The first-order valence-corrected chi connectivity index (χ1v) is 5.42. The van der Waals surface area contributed by atoms with Gasteiger partial charge in [0.2, 0.25) is 5.91 Å². The average molecular weight is 242 g/mol. The molecule has 1 atom stereocenters. The van der Waals surface area contributed by atoms with E-state index in [1.165, 1.54) is 6.26 Å². The van der Waals surface area contributed by atoms with E-state index in [0.717, 1.165) is 0 Å². The molecule has 0 aliphatic rings. The number of hydrogen-bond acceptors (Lipinski definition) is 5. The zero-order valence-electron chi connectivity index (χ0n) is 9.81. The second-order valence-corrected chi connectivity index (χ2v) is 3.50. The Morgan fingerprint density at radius 3 is 3.12 bits per heavy atom. The van der Waals surface area contributed by atoms with Crippen LogP contribution in [0.4, 0.5) is 0 Å². The van der Waals surface area contributed by atoms with Gasteiger partial charge in [-0.2, -0.15) is 0 Å². The first-order valence-electron chi connectivity index (χ1n) is 5.42. The average Bonchev–Trinajstić information content (AvgIpc) is 2.82. The fraction of sp³-hybridized carbons (Fsp3) is 0.545. The Hall–Kier alpha value is -1.37. The zero-order valence-corrected chi connectivity index (χ0v) is 9.81. The lowest BCUT2D eigenvalue weighted by Crippen LogP contribution is -2.37. The topological polar surface area (TPSA) is 83.7 Å². The number of methoxy groups -OCH3 is 1. The van der Waals surface area contributed by atoms with Gasteiger partial charge < -0.3 is 24.9 Å². The second kappa shape index (κ2) is 7.83. The molecular weight excluding hydrogens is 224 g/mol. The molecule has 0 fully saturated rings. The van der Waals surface area contributed by atoms with Gasteiger partial charge in [0.15, 0.2) is 0 Å². The third-order valence-corrected chi connectivity index (χ3v) is 2.12. The van der Waals surface area contributed by atoms with Gasteiger partial charge in [0, 0.05) is 20.2 Å². The summed E-state index contributed by atoms with van der Waals surface area (Å²) < 4.78 is 9.82. The Labute approximate surface area is 99.9 Å². The monoisotopic (exact) mass is 242 g/mol. The third kappa shape index (κ3) is 5.48. The van der Waals surface area contributed by atoms with Crippen molar-refractivity contribution < 1.29 is 19.1 Å². The van der Waals surface area contributed by atoms with Gasteiger partial charge in [-0.1, -0.05) is 0 Å². The van der Waals surface area contributed by atoms with E-state index in [4.69, 9.17) is 9.15 Å². The summed E-state index contributed by atoms with van der Waals surface area (Å²) in [5.41, 5.74) is 0. The summed E-state index contributed by atoms with van der Waals surface area (Å²) in [4.78, 5) is 11.3. The highest BCUT2D eigenvalue weighted by molar-refractivity contribution is 5.77. The minimum atomic E-state index is -0.739. The van der Waals surface area contributed by atoms with E-state index >= 15 is 0 Å². The molecule has 17 heavy (non-hydrogen) atoms. The molecule has 0 radical (unpaired) electrons. The molecule has 1 amide bonds. The third-order valence-electron chi connectivity index (χ3n) is 2.12. The smallest absolute Gasteiger partial charge is 0.234 e. The molecule has 0 aliphatic carbocycles. The lowest BCUT2D eigenvalue weighted by Gasteiger charge is -2.09. The van der Waals surface area contributed by atoms with Gasteiger partial charge in [-0.05, 0) is 12.1 Å². The summed E-state index contributed by atoms with van der Waals surface area (Å²) in [6.45, 7) is 1.39. The van der Waals surface area contributed by atoms with Gasteiger partial charge >= 0.3 is 0 Å². The molecule has 6 nitrogen and oxygen atoms in total. The van der Waals surface area contributed by atoms with Crippen molar-refractivity contribution >= 4 is 5.91 Å². The highest BCUT2D eigenvalue weighted by Crippen LogP contribution is 2.11. The molecule has 0 spiro atoms. The van der Waals surface area contributed by atoms with E-state index in [0.29, 0.717) is 18.9 Å². The number of carbonyl (C=O) groups excluding carboxylic acids is 1. The first-order chi connectivity index (χ1) is 8.24. The summed E-state index contributed by atoms with van der Waals surface area (Å²) in [5, 5.41) is 15.1. The minimum absolute atomic E-state index is 0.131. The number of ether oxygens (including phenoxy) is 1. The standard InChI is InChI=1S/C11H18N2O4/c1-16-6-4-13-11(15)8-12-7-9(14)10-3-2-5-17-10/h2-3,5,9,12,14H,4,6-8H2,1H3,(H,13,15). The fourth-order valence-corrected chi connectivity index (χ4v) is 1.26. The molecule has 1 heterocycles. The molecule has 1 unspecified atom stereocenters. The van der Waals surface area contributed by atoms with Crippen LogP contribution in [-0.4, -0.2) is 44.4 Å². The molecule has 0 saturated carbocycles. The van der Waals surface area contributed by atoms with E-state index in [1.54, 1.807) is 19.2 Å². The summed E-state index contributed by atoms with van der Waals surface area (Å²) in [5.74, 6) is 0.353. The number of aliphatic hydroxyl groups is 1. The van der Waals surface area contributed by atoms with Gasteiger partial charge in [-0.3, -0.25) is 4.79 Å². The number of rotatable bonds is 8. The summed E-state index contributed by atoms with van der Waals surface area (Å²) in [6, 6.07) is 3.39. The van der Waals surface area contributed by atoms with Crippen LogP contribution in [0.25, 0.3) is 0 Å². The van der Waals surface area contributed by atoms with E-state index in [-0.39, 0.29) is 19.0 Å². The summed E-state index contributed by atoms with van der Waals surface area (Å²) in [7, 11) is 1.57. The summed E-state index contributed by atoms with van der Waals surface area (Å²) >= 11 is 0. The van der Waals surface area contributed by atoms with Gasteiger partial charge in [0.05, 0.1) is 19.4 Å². The van der Waals surface area contributed by atoms with Crippen LogP contribution in [-0.2, 0) is 9.53 Å². The molecule has 0 aromatic carbocycles. The van der Waals surface area contributed by atoms with Crippen molar-refractivity contribution in [2.24, 2.45) is 0 Å². The molecule has 0 aliphatic heterocycles. The van der Waals surface area contributed by atoms with Crippen LogP contribution in [0, 0.1) is 0 Å². The van der Waals surface area contributed by atoms with Crippen molar-refractivity contribution in [1.82, 2.24) is 10.6 Å². The number of hydrogen-bond donors (Lipinski definition) is 3. The quantitative estimate of drug-likeness (QED) is 0.543. The number of nitrogens with one attached hydrogen (secondary N) is 2. The van der Waals surface area contributed by atoms with E-state index in [2.05, 4.69) is 10.6 Å². The number of furan rings is 1. The Balaban J connectivity index is 2.09. The van der Waals surface area contributed by atoms with Crippen molar-refractivity contribution in [2.45, 2.75) is 6.10 Å². The van der Waals surface area contributed by atoms with E-state index in [9.17, 15) is 9.90 Å². The Kier molecular flexibility index (Phi) is 6.31. The predicted molar refractivity (Wildman–Crippen MR) is 61.4 cm³/mol. The maximum atomic E-state index is 11.3. The molecule has 1 rings (SSSR count). The van der Waals surface area contributed by atoms with Gasteiger partial charge in [-0.15, -0.1) is 0 Å². The van der Waals surface area contributed by atoms with Crippen molar-refractivity contribution in [1.29, 1.82) is 0 Å². The van der Waals surface area contributed by atoms with Crippen molar-refractivity contribution in [3.05, 3.63) is 24.2 Å². The van der Waals surface area contributed by atoms with E-state index < -0.39 is 6.10 Å². The van der Waals surface area contributed by atoms with Crippen molar-refractivity contribution in [3.8, 4) is 0 Å². The van der Waals surface area contributed by atoms with Crippen LogP contribution in [0.15, 0.2) is 22.8 Å². The van der Waals surface area contributed by atoms with Crippen LogP contribution < -0.4 is 10.6 Å². The van der Waals surface area contributed by atoms with Gasteiger partial charge in [0.25, 0.3) is 0 Å². The number of amides is 1. The SMILES string of the molecule is COCCNC(=O)CNCC(O)c1ccco1. The lowest BCUT2D eigenvalue weighted by molar-refractivity contribution is -0.120. The van der Waals surface area contributed by atoms with Crippen LogP contribution in [0.5, 0.6) is 0 Å². The van der Waals surface area contributed by atoms with Crippen LogP contribution in [0.1, 0.15) is 11.9 Å². The highest BCUT2D eigenvalue weighted by Gasteiger charge is 2.10. The molecule has 0 bridgehead atoms. The van der Waals surface area contributed by atoms with Crippen LogP contribution in [0.3, 0.4) is 0 Å². The molecule has 6 heteroatoms. The maximum Gasteiger partial charge on any atom is 0.234 e. The van der Waals surface area contributed by atoms with Crippen molar-refractivity contribution in [2.75, 3.05) is 33.4 Å². The Bertz CT molecular complexity index is 313. The van der Waals surface area contributed by atoms with Crippen LogP contribution >= 0.6 is 0 Å².